The van der Waals surface area contributed by atoms with Gasteiger partial charge in [-0.2, -0.15) is 0 Å². The van der Waals surface area contributed by atoms with Crippen molar-refractivity contribution in [2.75, 3.05) is 29.0 Å². The summed E-state index contributed by atoms with van der Waals surface area (Å²) in [6.45, 7) is 3.50. The highest BCUT2D eigenvalue weighted by molar-refractivity contribution is 7.93. The standard InChI is InChI=1S/C29H29N3O7S2/c1-19-8-13-23(14-9-19)40(34,35)31-26-7-5-6-25(20(26)2)29(33)30-21-10-15-24(16-11-21)41(36,37)32-27-17-12-22(38-3)18-28(27)39-4/h5-18,31-32H,1-4H3,(H,30,33). The fourth-order valence-corrected chi connectivity index (χ4v) is 6.11. The Hall–Kier alpha value is -4.55. The number of anilines is 3. The summed E-state index contributed by atoms with van der Waals surface area (Å²) in [5.74, 6) is 0.306. The Balaban J connectivity index is 1.49. The molecule has 0 aromatic heterocycles. The highest BCUT2D eigenvalue weighted by atomic mass is 32.2. The number of carbonyl (C=O) groups excluding carboxylic acids is 1. The SMILES string of the molecule is COc1ccc(NS(=O)(=O)c2ccc(NC(=O)c3cccc(NS(=O)(=O)c4ccc(C)cc4)c3C)cc2)c(OC)c1. The topological polar surface area (TPSA) is 140 Å². The average molecular weight is 596 g/mol. The summed E-state index contributed by atoms with van der Waals surface area (Å²) in [4.78, 5) is 13.1. The van der Waals surface area contributed by atoms with Gasteiger partial charge >= 0.3 is 0 Å². The zero-order valence-electron chi connectivity index (χ0n) is 22.8. The lowest BCUT2D eigenvalue weighted by Crippen LogP contribution is -2.17. The van der Waals surface area contributed by atoms with E-state index in [-0.39, 0.29) is 32.5 Å². The normalized spacial score (nSPS) is 11.4. The quantitative estimate of drug-likeness (QED) is 0.230. The van der Waals surface area contributed by atoms with E-state index in [0.717, 1.165) is 5.56 Å². The molecule has 4 aromatic rings. The molecule has 0 fully saturated rings. The van der Waals surface area contributed by atoms with Gasteiger partial charge in [0.05, 0.1) is 35.4 Å². The second kappa shape index (κ2) is 11.9. The van der Waals surface area contributed by atoms with Gasteiger partial charge < -0.3 is 14.8 Å². The summed E-state index contributed by atoms with van der Waals surface area (Å²) in [5, 5.41) is 2.72. The van der Waals surface area contributed by atoms with E-state index in [4.69, 9.17) is 9.47 Å². The molecule has 1 amide bonds. The third kappa shape index (κ3) is 6.79. The highest BCUT2D eigenvalue weighted by Gasteiger charge is 2.20. The molecule has 41 heavy (non-hydrogen) atoms. The molecule has 0 unspecified atom stereocenters. The van der Waals surface area contributed by atoms with Crippen LogP contribution in [-0.4, -0.2) is 37.0 Å². The summed E-state index contributed by atoms with van der Waals surface area (Å²) in [7, 11) is -4.92. The van der Waals surface area contributed by atoms with Gasteiger partial charge in [0.25, 0.3) is 26.0 Å². The van der Waals surface area contributed by atoms with Crippen LogP contribution >= 0.6 is 0 Å². The van der Waals surface area contributed by atoms with E-state index in [9.17, 15) is 21.6 Å². The van der Waals surface area contributed by atoms with Crippen LogP contribution in [0, 0.1) is 13.8 Å². The molecule has 10 nitrogen and oxygen atoms in total. The summed E-state index contributed by atoms with van der Waals surface area (Å²) >= 11 is 0. The van der Waals surface area contributed by atoms with E-state index in [1.807, 2.05) is 6.92 Å². The van der Waals surface area contributed by atoms with Gasteiger partial charge in [-0.1, -0.05) is 23.8 Å². The third-order valence-corrected chi connectivity index (χ3v) is 8.99. The smallest absolute Gasteiger partial charge is 0.262 e. The van der Waals surface area contributed by atoms with Crippen molar-refractivity contribution in [2.24, 2.45) is 0 Å². The Kier molecular flexibility index (Phi) is 8.55. The maximum Gasteiger partial charge on any atom is 0.262 e. The molecule has 0 heterocycles. The minimum atomic E-state index is -3.97. The number of ether oxygens (including phenoxy) is 2. The summed E-state index contributed by atoms with van der Waals surface area (Å²) in [6, 6.07) is 21.4. The summed E-state index contributed by atoms with van der Waals surface area (Å²) in [6.07, 6.45) is 0. The monoisotopic (exact) mass is 595 g/mol. The van der Waals surface area contributed by atoms with E-state index in [1.165, 1.54) is 56.7 Å². The Bertz CT molecular complexity index is 1790. The van der Waals surface area contributed by atoms with Crippen molar-refractivity contribution >= 4 is 43.0 Å². The molecule has 214 valence electrons. The van der Waals surface area contributed by atoms with Crippen molar-refractivity contribution in [3.8, 4) is 11.5 Å². The maximum absolute atomic E-state index is 13.1. The van der Waals surface area contributed by atoms with Crippen molar-refractivity contribution < 1.29 is 31.1 Å². The van der Waals surface area contributed by atoms with E-state index in [0.29, 0.717) is 17.0 Å². The molecule has 3 N–H and O–H groups in total. The number of hydrogen-bond acceptors (Lipinski definition) is 7. The Morgan fingerprint density at radius 3 is 1.85 bits per heavy atom. The van der Waals surface area contributed by atoms with Crippen LogP contribution in [0.3, 0.4) is 0 Å². The average Bonchev–Trinajstić information content (AvgIpc) is 2.94. The number of benzene rings is 4. The maximum atomic E-state index is 13.1. The number of amides is 1. The predicted octanol–water partition coefficient (Wildman–Crippen LogP) is 5.17. The lowest BCUT2D eigenvalue weighted by molar-refractivity contribution is 0.102. The van der Waals surface area contributed by atoms with Crippen molar-refractivity contribution in [2.45, 2.75) is 23.6 Å². The molecule has 0 aliphatic carbocycles. The summed E-state index contributed by atoms with van der Waals surface area (Å²) < 4.78 is 67.0. The van der Waals surface area contributed by atoms with Gasteiger partial charge in [-0.15, -0.1) is 0 Å². The molecule has 4 aromatic carbocycles. The molecular weight excluding hydrogens is 566 g/mol. The van der Waals surface area contributed by atoms with Crippen molar-refractivity contribution in [3.05, 3.63) is 102 Å². The molecular formula is C29H29N3O7S2. The first kappa shape index (κ1) is 29.4. The lowest BCUT2D eigenvalue weighted by atomic mass is 10.1. The second-order valence-electron chi connectivity index (χ2n) is 9.05. The lowest BCUT2D eigenvalue weighted by Gasteiger charge is -2.15. The third-order valence-electron chi connectivity index (χ3n) is 6.23. The van der Waals surface area contributed by atoms with Crippen LogP contribution in [0.1, 0.15) is 21.5 Å². The molecule has 0 bridgehead atoms. The second-order valence-corrected chi connectivity index (χ2v) is 12.4. The molecule has 0 saturated heterocycles. The van der Waals surface area contributed by atoms with Crippen LogP contribution in [0.2, 0.25) is 0 Å². The fourth-order valence-electron chi connectivity index (χ4n) is 3.92. The number of carbonyl (C=O) groups is 1. The van der Waals surface area contributed by atoms with E-state index in [2.05, 4.69) is 14.8 Å². The first-order valence-corrected chi connectivity index (χ1v) is 15.3. The van der Waals surface area contributed by atoms with Gasteiger partial charge in [-0.05, 0) is 80.1 Å². The van der Waals surface area contributed by atoms with Gasteiger partial charge in [0, 0.05) is 17.3 Å². The van der Waals surface area contributed by atoms with E-state index >= 15 is 0 Å². The first-order chi connectivity index (χ1) is 19.4. The number of rotatable bonds is 10. The van der Waals surface area contributed by atoms with Crippen molar-refractivity contribution in [1.29, 1.82) is 0 Å². The minimum absolute atomic E-state index is 0.0305. The molecule has 0 aliphatic rings. The molecule has 12 heteroatoms. The van der Waals surface area contributed by atoms with Crippen LogP contribution < -0.4 is 24.2 Å². The fraction of sp³-hybridized carbons (Fsp3) is 0.138. The number of nitrogens with one attached hydrogen (secondary N) is 3. The minimum Gasteiger partial charge on any atom is -0.497 e. The molecule has 0 radical (unpaired) electrons. The Labute approximate surface area is 239 Å². The van der Waals surface area contributed by atoms with Gasteiger partial charge in [0.15, 0.2) is 0 Å². The zero-order chi connectivity index (χ0) is 29.8. The Morgan fingerprint density at radius 1 is 0.683 bits per heavy atom. The molecule has 0 saturated carbocycles. The zero-order valence-corrected chi connectivity index (χ0v) is 24.4. The first-order valence-electron chi connectivity index (χ1n) is 12.3. The van der Waals surface area contributed by atoms with Crippen LogP contribution in [-0.2, 0) is 20.0 Å². The number of methoxy groups -OCH3 is 2. The molecule has 0 aliphatic heterocycles. The predicted molar refractivity (Wildman–Crippen MR) is 158 cm³/mol. The molecule has 0 spiro atoms. The molecule has 0 atom stereocenters. The molecule has 4 rings (SSSR count). The number of sulfonamides is 2. The summed E-state index contributed by atoms with van der Waals surface area (Å²) in [5.41, 5.74) is 2.45. The number of aryl methyl sites for hydroxylation is 1. The highest BCUT2D eigenvalue weighted by Crippen LogP contribution is 2.31. The van der Waals surface area contributed by atoms with Crippen LogP contribution in [0.4, 0.5) is 17.1 Å². The van der Waals surface area contributed by atoms with Gasteiger partial charge in [-0.25, -0.2) is 16.8 Å². The van der Waals surface area contributed by atoms with Crippen molar-refractivity contribution in [1.82, 2.24) is 0 Å². The van der Waals surface area contributed by atoms with Crippen LogP contribution in [0.5, 0.6) is 11.5 Å². The van der Waals surface area contributed by atoms with Gasteiger partial charge in [0.1, 0.15) is 11.5 Å². The van der Waals surface area contributed by atoms with Crippen LogP contribution in [0.25, 0.3) is 0 Å². The largest absolute Gasteiger partial charge is 0.497 e. The number of hydrogen-bond donors (Lipinski definition) is 3. The Morgan fingerprint density at radius 2 is 1.27 bits per heavy atom. The van der Waals surface area contributed by atoms with Crippen molar-refractivity contribution in [3.63, 3.8) is 0 Å². The van der Waals surface area contributed by atoms with Crippen LogP contribution in [0.15, 0.2) is 94.7 Å². The van der Waals surface area contributed by atoms with E-state index < -0.39 is 26.0 Å². The van der Waals surface area contributed by atoms with E-state index in [1.54, 1.807) is 49.4 Å². The van der Waals surface area contributed by atoms with Gasteiger partial charge in [0.2, 0.25) is 0 Å². The van der Waals surface area contributed by atoms with Gasteiger partial charge in [-0.3, -0.25) is 14.2 Å².